The number of nitrogens with zero attached hydrogens (tertiary/aromatic N) is 3. The van der Waals surface area contributed by atoms with E-state index < -0.39 is 0 Å². The fourth-order valence-electron chi connectivity index (χ4n) is 0.999. The molecule has 0 bridgehead atoms. The van der Waals surface area contributed by atoms with Crippen molar-refractivity contribution < 1.29 is 0 Å². The number of hydrogen-bond acceptors (Lipinski definition) is 5. The lowest BCUT2D eigenvalue weighted by Crippen LogP contribution is -2.01. The first-order valence-electron chi connectivity index (χ1n) is 3.80. The fourth-order valence-corrected chi connectivity index (χ4v) is 1.70. The summed E-state index contributed by atoms with van der Waals surface area (Å²) in [5.41, 5.74) is 5.43. The van der Waals surface area contributed by atoms with E-state index in [-0.39, 0.29) is 5.95 Å². The molecule has 0 fully saturated rings. The van der Waals surface area contributed by atoms with Gasteiger partial charge in [0.25, 0.3) is 0 Å². The number of rotatable bonds is 2. The monoisotopic (exact) mass is 192 g/mol. The molecule has 2 aromatic rings. The molecule has 2 rings (SSSR count). The molecule has 13 heavy (non-hydrogen) atoms. The van der Waals surface area contributed by atoms with Crippen molar-refractivity contribution in [2.24, 2.45) is 0 Å². The van der Waals surface area contributed by atoms with Crippen molar-refractivity contribution in [2.45, 2.75) is 6.42 Å². The Morgan fingerprint density at radius 3 is 3.00 bits per heavy atom. The smallest absolute Gasteiger partial charge is 0.223 e. The highest BCUT2D eigenvalue weighted by Crippen LogP contribution is 2.11. The van der Waals surface area contributed by atoms with Gasteiger partial charge in [-0.05, 0) is 11.4 Å². The van der Waals surface area contributed by atoms with Gasteiger partial charge < -0.3 is 5.73 Å². The standard InChI is InChI=1S/C8H8N4S/c9-8-11-5-10-7(12-8)4-6-2-1-3-13-6/h1-3,5H,4H2,(H2,9,10,11,12). The van der Waals surface area contributed by atoms with Crippen molar-refractivity contribution in [1.29, 1.82) is 0 Å². The summed E-state index contributed by atoms with van der Waals surface area (Å²) in [5.74, 6) is 0.997. The SMILES string of the molecule is Nc1ncnc(Cc2cccs2)n1. The molecule has 0 unspecified atom stereocenters. The van der Waals surface area contributed by atoms with Crippen LogP contribution in [0.15, 0.2) is 23.8 Å². The molecular formula is C8H8N4S. The summed E-state index contributed by atoms with van der Waals surface area (Å²) in [5, 5.41) is 2.03. The van der Waals surface area contributed by atoms with Crippen molar-refractivity contribution in [2.75, 3.05) is 5.73 Å². The van der Waals surface area contributed by atoms with Crippen LogP contribution in [0, 0.1) is 0 Å². The van der Waals surface area contributed by atoms with E-state index in [0.29, 0.717) is 0 Å². The highest BCUT2D eigenvalue weighted by Gasteiger charge is 2.00. The average molecular weight is 192 g/mol. The van der Waals surface area contributed by atoms with Gasteiger partial charge >= 0.3 is 0 Å². The third kappa shape index (κ3) is 2.00. The average Bonchev–Trinajstić information content (AvgIpc) is 2.57. The van der Waals surface area contributed by atoms with Crippen LogP contribution in [-0.2, 0) is 6.42 Å². The maximum Gasteiger partial charge on any atom is 0.223 e. The Kier molecular flexibility index (Phi) is 2.18. The Morgan fingerprint density at radius 2 is 2.31 bits per heavy atom. The van der Waals surface area contributed by atoms with Crippen LogP contribution < -0.4 is 5.73 Å². The lowest BCUT2D eigenvalue weighted by atomic mass is 10.3. The van der Waals surface area contributed by atoms with E-state index >= 15 is 0 Å². The fraction of sp³-hybridized carbons (Fsp3) is 0.125. The van der Waals surface area contributed by atoms with Crippen LogP contribution >= 0.6 is 11.3 Å². The first-order valence-corrected chi connectivity index (χ1v) is 4.68. The van der Waals surface area contributed by atoms with Crippen molar-refractivity contribution >= 4 is 17.3 Å². The van der Waals surface area contributed by atoms with E-state index in [1.54, 1.807) is 11.3 Å². The quantitative estimate of drug-likeness (QED) is 0.774. The van der Waals surface area contributed by atoms with E-state index in [0.717, 1.165) is 12.2 Å². The maximum atomic E-state index is 5.43. The summed E-state index contributed by atoms with van der Waals surface area (Å²) < 4.78 is 0. The Bertz CT molecular complexity index is 385. The molecule has 0 atom stereocenters. The van der Waals surface area contributed by atoms with Gasteiger partial charge in [-0.1, -0.05) is 6.07 Å². The zero-order valence-electron chi connectivity index (χ0n) is 6.84. The van der Waals surface area contributed by atoms with Crippen LogP contribution in [0.2, 0.25) is 0 Å². The van der Waals surface area contributed by atoms with E-state index in [1.807, 2.05) is 17.5 Å². The van der Waals surface area contributed by atoms with Gasteiger partial charge in [0.2, 0.25) is 5.95 Å². The second-order valence-electron chi connectivity index (χ2n) is 2.52. The normalized spacial score (nSPS) is 10.2. The number of anilines is 1. The zero-order valence-corrected chi connectivity index (χ0v) is 7.66. The summed E-state index contributed by atoms with van der Waals surface area (Å²) >= 11 is 1.68. The topological polar surface area (TPSA) is 64.7 Å². The van der Waals surface area contributed by atoms with Crippen LogP contribution in [0.5, 0.6) is 0 Å². The molecule has 2 aromatic heterocycles. The van der Waals surface area contributed by atoms with Gasteiger partial charge in [-0.3, -0.25) is 0 Å². The van der Waals surface area contributed by atoms with Crippen molar-refractivity contribution in [3.8, 4) is 0 Å². The summed E-state index contributed by atoms with van der Waals surface area (Å²) in [6.07, 6.45) is 2.16. The highest BCUT2D eigenvalue weighted by molar-refractivity contribution is 7.09. The third-order valence-electron chi connectivity index (χ3n) is 1.55. The molecule has 0 spiro atoms. The second-order valence-corrected chi connectivity index (χ2v) is 3.55. The van der Waals surface area contributed by atoms with E-state index in [9.17, 15) is 0 Å². The number of hydrogen-bond donors (Lipinski definition) is 1. The summed E-state index contributed by atoms with van der Waals surface area (Å²) in [4.78, 5) is 13.0. The number of nitrogens with two attached hydrogens (primary N) is 1. The lowest BCUT2D eigenvalue weighted by molar-refractivity contribution is 0.937. The van der Waals surface area contributed by atoms with Crippen molar-refractivity contribution in [3.63, 3.8) is 0 Å². The Hall–Kier alpha value is -1.49. The Balaban J connectivity index is 2.19. The summed E-state index contributed by atoms with van der Waals surface area (Å²) in [7, 11) is 0. The summed E-state index contributed by atoms with van der Waals surface area (Å²) in [6.45, 7) is 0. The molecule has 2 heterocycles. The molecule has 0 aromatic carbocycles. The van der Waals surface area contributed by atoms with Gasteiger partial charge in [0.05, 0.1) is 0 Å². The van der Waals surface area contributed by atoms with Gasteiger partial charge in [0.15, 0.2) is 0 Å². The minimum absolute atomic E-state index is 0.279. The van der Waals surface area contributed by atoms with Gasteiger partial charge in [0.1, 0.15) is 12.2 Å². The molecule has 4 nitrogen and oxygen atoms in total. The molecule has 2 N–H and O–H groups in total. The largest absolute Gasteiger partial charge is 0.368 e. The first-order chi connectivity index (χ1) is 6.34. The van der Waals surface area contributed by atoms with Gasteiger partial charge in [0, 0.05) is 11.3 Å². The molecule has 0 aliphatic heterocycles. The van der Waals surface area contributed by atoms with E-state index in [2.05, 4.69) is 15.0 Å². The molecule has 0 aliphatic rings. The second kappa shape index (κ2) is 3.49. The van der Waals surface area contributed by atoms with Crippen LogP contribution in [-0.4, -0.2) is 15.0 Å². The van der Waals surface area contributed by atoms with E-state index in [1.165, 1.54) is 11.2 Å². The van der Waals surface area contributed by atoms with Crippen LogP contribution in [0.3, 0.4) is 0 Å². The van der Waals surface area contributed by atoms with Crippen LogP contribution in [0.4, 0.5) is 5.95 Å². The van der Waals surface area contributed by atoms with Crippen LogP contribution in [0.1, 0.15) is 10.7 Å². The highest BCUT2D eigenvalue weighted by atomic mass is 32.1. The number of nitrogen functional groups attached to an aromatic ring is 1. The molecule has 0 saturated carbocycles. The van der Waals surface area contributed by atoms with Crippen LogP contribution in [0.25, 0.3) is 0 Å². The minimum Gasteiger partial charge on any atom is -0.368 e. The molecular weight excluding hydrogens is 184 g/mol. The van der Waals surface area contributed by atoms with Gasteiger partial charge in [-0.25, -0.2) is 9.97 Å². The summed E-state index contributed by atoms with van der Waals surface area (Å²) in [6, 6.07) is 4.05. The third-order valence-corrected chi connectivity index (χ3v) is 2.43. The lowest BCUT2D eigenvalue weighted by Gasteiger charge is -1.96. The number of aromatic nitrogens is 3. The van der Waals surface area contributed by atoms with Crippen molar-refractivity contribution in [3.05, 3.63) is 34.5 Å². The zero-order chi connectivity index (χ0) is 9.10. The first kappa shape index (κ1) is 8.12. The van der Waals surface area contributed by atoms with Gasteiger partial charge in [-0.15, -0.1) is 11.3 Å². The van der Waals surface area contributed by atoms with E-state index in [4.69, 9.17) is 5.73 Å². The van der Waals surface area contributed by atoms with Gasteiger partial charge in [-0.2, -0.15) is 4.98 Å². The molecule has 0 radical (unpaired) electrons. The number of thiophene rings is 1. The predicted octanol–water partition coefficient (Wildman–Crippen LogP) is 1.11. The molecule has 66 valence electrons. The Labute approximate surface area is 79.5 Å². The molecule has 0 amide bonds. The minimum atomic E-state index is 0.279. The predicted molar refractivity (Wildman–Crippen MR) is 51.4 cm³/mol. The molecule has 0 aliphatic carbocycles. The Morgan fingerprint density at radius 1 is 1.38 bits per heavy atom. The molecule has 0 saturated heterocycles. The molecule has 5 heteroatoms. The maximum absolute atomic E-state index is 5.43. The van der Waals surface area contributed by atoms with Crippen molar-refractivity contribution in [1.82, 2.24) is 15.0 Å².